The molecule has 180 valence electrons. The van der Waals surface area contributed by atoms with Crippen LogP contribution in [0.15, 0.2) is 60.2 Å². The summed E-state index contributed by atoms with van der Waals surface area (Å²) in [6, 6.07) is 16.1. The van der Waals surface area contributed by atoms with E-state index in [-0.39, 0.29) is 5.57 Å². The molecule has 2 aromatic carbocycles. The van der Waals surface area contributed by atoms with Gasteiger partial charge in [0.2, 0.25) is 0 Å². The predicted octanol–water partition coefficient (Wildman–Crippen LogP) is 5.28. The molecule has 4 amide bonds. The average Bonchev–Trinajstić information content (AvgIpc) is 3.13. The molecule has 1 aromatic heterocycles. The number of nitrogens with one attached hydrogen (secondary N) is 1. The molecular weight excluding hydrogens is 442 g/mol. The second-order valence-corrected chi connectivity index (χ2v) is 8.69. The van der Waals surface area contributed by atoms with E-state index in [4.69, 9.17) is 4.74 Å². The number of benzene rings is 2. The number of aryl methyl sites for hydroxylation is 1. The van der Waals surface area contributed by atoms with Gasteiger partial charge in [0, 0.05) is 11.4 Å². The number of barbiturate groups is 1. The molecule has 0 bridgehead atoms. The summed E-state index contributed by atoms with van der Waals surface area (Å²) >= 11 is 0. The number of urea groups is 1. The van der Waals surface area contributed by atoms with Gasteiger partial charge in [0.05, 0.1) is 18.5 Å². The maximum absolute atomic E-state index is 13.3. The summed E-state index contributed by atoms with van der Waals surface area (Å²) in [4.78, 5) is 39.6. The Balaban J connectivity index is 1.73. The Bertz CT molecular complexity index is 1330. The number of imide groups is 2. The summed E-state index contributed by atoms with van der Waals surface area (Å²) in [5.74, 6) is -0.297. The van der Waals surface area contributed by atoms with Gasteiger partial charge in [0.25, 0.3) is 11.8 Å². The van der Waals surface area contributed by atoms with Gasteiger partial charge < -0.3 is 9.30 Å². The third-order valence-electron chi connectivity index (χ3n) is 6.53. The Morgan fingerprint density at radius 1 is 1.03 bits per heavy atom. The molecule has 0 spiro atoms. The number of hydrogen-bond acceptors (Lipinski definition) is 4. The van der Waals surface area contributed by atoms with Gasteiger partial charge in [-0.1, -0.05) is 38.1 Å². The van der Waals surface area contributed by atoms with Crippen LogP contribution in [0.2, 0.25) is 0 Å². The zero-order valence-electron chi connectivity index (χ0n) is 20.6. The molecule has 4 rings (SSSR count). The average molecular weight is 472 g/mol. The second kappa shape index (κ2) is 9.62. The third kappa shape index (κ3) is 4.37. The fraction of sp³-hybridized carbons (Fsp3) is 0.250. The number of aromatic nitrogens is 1. The summed E-state index contributed by atoms with van der Waals surface area (Å²) in [5, 5.41) is 2.30. The van der Waals surface area contributed by atoms with Crippen molar-refractivity contribution < 1.29 is 19.1 Å². The van der Waals surface area contributed by atoms with Gasteiger partial charge in [-0.2, -0.15) is 0 Å². The number of ether oxygens (including phenoxy) is 1. The van der Waals surface area contributed by atoms with Crippen molar-refractivity contribution in [1.82, 2.24) is 9.88 Å². The number of carbonyl (C=O) groups is 3. The first-order chi connectivity index (χ1) is 16.8. The normalized spacial score (nSPS) is 16.0. The number of para-hydroxylation sites is 2. The number of methoxy groups -OCH3 is 1. The van der Waals surface area contributed by atoms with Crippen LogP contribution in [-0.2, 0) is 9.59 Å². The van der Waals surface area contributed by atoms with Crippen LogP contribution >= 0.6 is 0 Å². The van der Waals surface area contributed by atoms with E-state index in [1.54, 1.807) is 25.3 Å². The van der Waals surface area contributed by atoms with Gasteiger partial charge in [0.15, 0.2) is 0 Å². The summed E-state index contributed by atoms with van der Waals surface area (Å²) in [6.07, 6.45) is 2.52. The van der Waals surface area contributed by atoms with Gasteiger partial charge in [0.1, 0.15) is 11.3 Å². The first-order valence-corrected chi connectivity index (χ1v) is 11.6. The van der Waals surface area contributed by atoms with Crippen LogP contribution in [0.25, 0.3) is 11.8 Å². The van der Waals surface area contributed by atoms with Crippen molar-refractivity contribution >= 4 is 29.6 Å². The van der Waals surface area contributed by atoms with Crippen LogP contribution in [-0.4, -0.2) is 29.5 Å². The lowest BCUT2D eigenvalue weighted by molar-refractivity contribution is -0.122. The van der Waals surface area contributed by atoms with Crippen LogP contribution < -0.4 is 15.0 Å². The molecule has 7 heteroatoms. The van der Waals surface area contributed by atoms with Crippen LogP contribution in [0, 0.1) is 13.8 Å². The van der Waals surface area contributed by atoms with E-state index in [0.717, 1.165) is 34.0 Å². The lowest BCUT2D eigenvalue weighted by atomic mass is 9.98. The molecule has 1 saturated heterocycles. The van der Waals surface area contributed by atoms with Gasteiger partial charge >= 0.3 is 6.03 Å². The van der Waals surface area contributed by atoms with E-state index in [2.05, 4.69) is 19.2 Å². The Morgan fingerprint density at radius 2 is 1.71 bits per heavy atom. The van der Waals surface area contributed by atoms with Gasteiger partial charge in [-0.15, -0.1) is 0 Å². The molecule has 1 aliphatic rings. The molecule has 2 heterocycles. The summed E-state index contributed by atoms with van der Waals surface area (Å²) in [7, 11) is 1.61. The molecule has 1 N–H and O–H groups in total. The fourth-order valence-electron chi connectivity index (χ4n) is 4.35. The zero-order valence-corrected chi connectivity index (χ0v) is 20.6. The number of anilines is 1. The Morgan fingerprint density at radius 3 is 2.37 bits per heavy atom. The van der Waals surface area contributed by atoms with Crippen LogP contribution in [0.1, 0.15) is 48.7 Å². The fourth-order valence-corrected chi connectivity index (χ4v) is 4.35. The molecule has 1 aliphatic heterocycles. The molecule has 0 aliphatic carbocycles. The SMILES string of the molecule is CC[C@@H](C)c1ccc(N2C(=O)NC(=O)/C(=C/c3cc(C)n(-c4ccccc4OC)c3C)C2=O)cc1. The molecule has 0 radical (unpaired) electrons. The molecule has 0 unspecified atom stereocenters. The molecule has 1 fully saturated rings. The first kappa shape index (κ1) is 24.0. The standard InChI is InChI=1S/C28H29N3O4/c1-6-17(2)20-11-13-22(14-12-20)31-27(33)23(26(32)29-28(31)34)16-21-15-18(3)30(19(21)4)24-9-7-8-10-25(24)35-5/h7-17H,6H2,1-5H3,(H,29,32,34)/b23-16-/t17-/m1/s1. The molecule has 1 atom stereocenters. The highest BCUT2D eigenvalue weighted by Gasteiger charge is 2.37. The molecule has 0 saturated carbocycles. The minimum absolute atomic E-state index is 0.101. The summed E-state index contributed by atoms with van der Waals surface area (Å²) in [5.41, 5.74) is 4.74. The van der Waals surface area contributed by atoms with E-state index in [1.165, 1.54) is 0 Å². The number of rotatable bonds is 6. The van der Waals surface area contributed by atoms with Crippen LogP contribution in [0.4, 0.5) is 10.5 Å². The Kier molecular flexibility index (Phi) is 6.60. The minimum atomic E-state index is -0.757. The third-order valence-corrected chi connectivity index (χ3v) is 6.53. The Hall–Kier alpha value is -4.13. The van der Waals surface area contributed by atoms with Crippen molar-refractivity contribution in [2.45, 2.75) is 40.0 Å². The largest absolute Gasteiger partial charge is 0.495 e. The van der Waals surface area contributed by atoms with E-state index in [0.29, 0.717) is 22.9 Å². The van der Waals surface area contributed by atoms with Crippen LogP contribution in [0.5, 0.6) is 5.75 Å². The predicted molar refractivity (Wildman–Crippen MR) is 136 cm³/mol. The van der Waals surface area contributed by atoms with E-state index in [9.17, 15) is 14.4 Å². The molecular formula is C28H29N3O4. The number of carbonyl (C=O) groups excluding carboxylic acids is 3. The number of nitrogens with zero attached hydrogens (tertiary/aromatic N) is 2. The highest BCUT2D eigenvalue weighted by Crippen LogP contribution is 2.30. The quantitative estimate of drug-likeness (QED) is 0.392. The van der Waals surface area contributed by atoms with Crippen molar-refractivity contribution in [2.75, 3.05) is 12.0 Å². The molecule has 35 heavy (non-hydrogen) atoms. The van der Waals surface area contributed by atoms with Crippen molar-refractivity contribution in [3.63, 3.8) is 0 Å². The van der Waals surface area contributed by atoms with Gasteiger partial charge in [-0.3, -0.25) is 14.9 Å². The first-order valence-electron chi connectivity index (χ1n) is 11.6. The van der Waals surface area contributed by atoms with Crippen molar-refractivity contribution in [2.24, 2.45) is 0 Å². The lowest BCUT2D eigenvalue weighted by Crippen LogP contribution is -2.54. The van der Waals surface area contributed by atoms with E-state index >= 15 is 0 Å². The maximum atomic E-state index is 13.3. The Labute approximate surface area is 205 Å². The minimum Gasteiger partial charge on any atom is -0.495 e. The summed E-state index contributed by atoms with van der Waals surface area (Å²) in [6.45, 7) is 8.08. The van der Waals surface area contributed by atoms with E-state index < -0.39 is 17.8 Å². The van der Waals surface area contributed by atoms with Crippen molar-refractivity contribution in [1.29, 1.82) is 0 Å². The van der Waals surface area contributed by atoms with Gasteiger partial charge in [-0.05, 0) is 73.7 Å². The maximum Gasteiger partial charge on any atom is 0.335 e. The van der Waals surface area contributed by atoms with Gasteiger partial charge in [-0.25, -0.2) is 9.69 Å². The smallest absolute Gasteiger partial charge is 0.335 e. The molecule has 7 nitrogen and oxygen atoms in total. The van der Waals surface area contributed by atoms with Crippen molar-refractivity contribution in [3.8, 4) is 11.4 Å². The lowest BCUT2D eigenvalue weighted by Gasteiger charge is -2.26. The zero-order chi connectivity index (χ0) is 25.3. The number of hydrogen-bond donors (Lipinski definition) is 1. The number of amides is 4. The van der Waals surface area contributed by atoms with E-state index in [1.807, 2.05) is 60.9 Å². The second-order valence-electron chi connectivity index (χ2n) is 8.69. The molecule has 3 aromatic rings. The summed E-state index contributed by atoms with van der Waals surface area (Å²) < 4.78 is 7.52. The highest BCUT2D eigenvalue weighted by atomic mass is 16.5. The van der Waals surface area contributed by atoms with Crippen molar-refractivity contribution in [3.05, 3.63) is 82.7 Å². The highest BCUT2D eigenvalue weighted by molar-refractivity contribution is 6.39. The monoisotopic (exact) mass is 471 g/mol. The topological polar surface area (TPSA) is 80.6 Å². The van der Waals surface area contributed by atoms with Crippen LogP contribution in [0.3, 0.4) is 0 Å².